The number of para-hydroxylation sites is 1. The summed E-state index contributed by atoms with van der Waals surface area (Å²) in [5.74, 6) is -4.69. The van der Waals surface area contributed by atoms with Gasteiger partial charge in [0.2, 0.25) is 17.7 Å². The number of fused-ring (bicyclic) bond motifs is 1. The Balaban J connectivity index is 1.71. The van der Waals surface area contributed by atoms with Crippen molar-refractivity contribution in [2.75, 3.05) is 6.54 Å². The average molecular weight is 516 g/mol. The van der Waals surface area contributed by atoms with Crippen molar-refractivity contribution in [3.05, 3.63) is 36.0 Å². The topological polar surface area (TPSA) is 195 Å². The smallest absolute Gasteiger partial charge is 0.326 e. The van der Waals surface area contributed by atoms with Gasteiger partial charge in [-0.15, -0.1) is 0 Å². The molecule has 0 spiro atoms. The number of carboxylic acids is 2. The molecule has 12 nitrogen and oxygen atoms in total. The Labute approximate surface area is 213 Å². The van der Waals surface area contributed by atoms with Crippen LogP contribution in [0, 0.1) is 5.92 Å². The summed E-state index contributed by atoms with van der Waals surface area (Å²) in [5.41, 5.74) is 7.22. The molecule has 1 aromatic heterocycles. The van der Waals surface area contributed by atoms with Crippen molar-refractivity contribution in [2.45, 2.75) is 63.7 Å². The van der Waals surface area contributed by atoms with E-state index in [9.17, 15) is 29.1 Å². The quantitative estimate of drug-likeness (QED) is 0.244. The summed E-state index contributed by atoms with van der Waals surface area (Å²) in [6.07, 6.45) is 2.04. The second-order valence-corrected chi connectivity index (χ2v) is 9.59. The molecule has 0 bridgehead atoms. The Morgan fingerprint density at radius 2 is 1.84 bits per heavy atom. The molecule has 37 heavy (non-hydrogen) atoms. The van der Waals surface area contributed by atoms with Crippen LogP contribution in [0.4, 0.5) is 0 Å². The number of carbonyl (C=O) groups is 5. The van der Waals surface area contributed by atoms with Gasteiger partial charge in [0, 0.05) is 30.1 Å². The lowest BCUT2D eigenvalue weighted by Crippen LogP contribution is -2.58. The highest BCUT2D eigenvalue weighted by Gasteiger charge is 2.40. The number of aromatic amines is 1. The third-order valence-electron chi connectivity index (χ3n) is 6.51. The standard InChI is InChI=1S/C25H33N5O7/c1-13(2)21(29-22(33)16(26)11-20(31)32)24(35)30-9-5-8-19(30)23(34)28-18(25(36)37)10-14-12-27-17-7-4-3-6-15(14)17/h3-4,6-7,12-13,16,18-19,21,27H,5,8-11,26H2,1-2H3,(H,28,34)(H,29,33)(H,31,32)(H,36,37). The molecule has 3 amide bonds. The molecular weight excluding hydrogens is 482 g/mol. The van der Waals surface area contributed by atoms with E-state index in [0.29, 0.717) is 12.8 Å². The Morgan fingerprint density at radius 1 is 1.14 bits per heavy atom. The molecule has 1 fully saturated rings. The molecule has 1 saturated heterocycles. The van der Waals surface area contributed by atoms with Crippen molar-refractivity contribution in [3.8, 4) is 0 Å². The van der Waals surface area contributed by atoms with Gasteiger partial charge in [-0.3, -0.25) is 19.2 Å². The highest BCUT2D eigenvalue weighted by atomic mass is 16.4. The maximum Gasteiger partial charge on any atom is 0.326 e. The predicted molar refractivity (Wildman–Crippen MR) is 133 cm³/mol. The molecule has 4 atom stereocenters. The van der Waals surface area contributed by atoms with Gasteiger partial charge in [-0.1, -0.05) is 32.0 Å². The van der Waals surface area contributed by atoms with Crippen LogP contribution in [0.1, 0.15) is 38.7 Å². The first-order valence-corrected chi connectivity index (χ1v) is 12.2. The number of likely N-dealkylation sites (tertiary alicyclic amines) is 1. The van der Waals surface area contributed by atoms with Crippen molar-refractivity contribution in [1.82, 2.24) is 20.5 Å². The zero-order valence-corrected chi connectivity index (χ0v) is 20.8. The predicted octanol–water partition coefficient (Wildman–Crippen LogP) is 0.214. The molecule has 2 heterocycles. The minimum atomic E-state index is -1.33. The number of carbonyl (C=O) groups excluding carboxylic acids is 3. The lowest BCUT2D eigenvalue weighted by molar-refractivity contribution is -0.145. The molecule has 4 unspecified atom stereocenters. The molecule has 0 saturated carbocycles. The van der Waals surface area contributed by atoms with Gasteiger partial charge >= 0.3 is 11.9 Å². The van der Waals surface area contributed by atoms with Crippen LogP contribution >= 0.6 is 0 Å². The maximum atomic E-state index is 13.4. The Kier molecular flexibility index (Phi) is 8.87. The van der Waals surface area contributed by atoms with Gasteiger partial charge in [0.15, 0.2) is 0 Å². The highest BCUT2D eigenvalue weighted by Crippen LogP contribution is 2.22. The summed E-state index contributed by atoms with van der Waals surface area (Å²) in [6, 6.07) is 2.97. The number of nitrogens with two attached hydrogens (primary N) is 1. The van der Waals surface area contributed by atoms with Gasteiger partial charge in [-0.2, -0.15) is 0 Å². The SMILES string of the molecule is CC(C)C(NC(=O)C(N)CC(=O)O)C(=O)N1CCCC1C(=O)NC(Cc1c[nH]c2ccccc12)C(=O)O. The number of benzene rings is 1. The second kappa shape index (κ2) is 11.9. The molecule has 1 aliphatic heterocycles. The molecule has 12 heteroatoms. The fraction of sp³-hybridized carbons (Fsp3) is 0.480. The highest BCUT2D eigenvalue weighted by molar-refractivity contribution is 5.95. The van der Waals surface area contributed by atoms with E-state index < -0.39 is 60.2 Å². The number of carboxylic acid groups (broad SMARTS) is 2. The zero-order valence-electron chi connectivity index (χ0n) is 20.8. The second-order valence-electron chi connectivity index (χ2n) is 9.59. The maximum absolute atomic E-state index is 13.4. The van der Waals surface area contributed by atoms with Gasteiger partial charge in [0.05, 0.1) is 12.5 Å². The number of hydrogen-bond acceptors (Lipinski definition) is 6. The van der Waals surface area contributed by atoms with E-state index in [1.807, 2.05) is 24.3 Å². The summed E-state index contributed by atoms with van der Waals surface area (Å²) in [4.78, 5) is 66.2. The molecule has 200 valence electrons. The van der Waals surface area contributed by atoms with Gasteiger partial charge in [0.1, 0.15) is 18.1 Å². The van der Waals surface area contributed by atoms with E-state index in [0.717, 1.165) is 16.5 Å². The van der Waals surface area contributed by atoms with Gasteiger partial charge in [-0.25, -0.2) is 4.79 Å². The summed E-state index contributed by atoms with van der Waals surface area (Å²) < 4.78 is 0. The van der Waals surface area contributed by atoms with Crippen molar-refractivity contribution in [3.63, 3.8) is 0 Å². The number of aliphatic carboxylic acids is 2. The number of amides is 3. The molecule has 2 aromatic rings. The number of aromatic nitrogens is 1. The number of H-pyrrole nitrogens is 1. The summed E-state index contributed by atoms with van der Waals surface area (Å²) >= 11 is 0. The van der Waals surface area contributed by atoms with E-state index in [4.69, 9.17) is 10.8 Å². The summed E-state index contributed by atoms with van der Waals surface area (Å²) in [7, 11) is 0. The minimum Gasteiger partial charge on any atom is -0.481 e. The van der Waals surface area contributed by atoms with Crippen LogP contribution in [0.15, 0.2) is 30.5 Å². The van der Waals surface area contributed by atoms with Crippen LogP contribution in [0.2, 0.25) is 0 Å². The van der Waals surface area contributed by atoms with Crippen LogP contribution in [0.5, 0.6) is 0 Å². The average Bonchev–Trinajstić information content (AvgIpc) is 3.48. The number of rotatable bonds is 11. The third-order valence-corrected chi connectivity index (χ3v) is 6.51. The molecule has 1 aliphatic rings. The fourth-order valence-electron chi connectivity index (χ4n) is 4.52. The Hall–Kier alpha value is -3.93. The van der Waals surface area contributed by atoms with Crippen LogP contribution in [-0.2, 0) is 30.4 Å². The number of nitrogens with one attached hydrogen (secondary N) is 3. The summed E-state index contributed by atoms with van der Waals surface area (Å²) in [6.45, 7) is 3.67. The van der Waals surface area contributed by atoms with Crippen LogP contribution < -0.4 is 16.4 Å². The molecule has 1 aromatic carbocycles. The van der Waals surface area contributed by atoms with E-state index in [1.165, 1.54) is 4.90 Å². The largest absolute Gasteiger partial charge is 0.481 e. The first-order chi connectivity index (χ1) is 17.5. The molecule has 0 radical (unpaired) electrons. The van der Waals surface area contributed by atoms with Gasteiger partial charge in [0.25, 0.3) is 0 Å². The minimum absolute atomic E-state index is 0.0535. The normalized spacial score (nSPS) is 17.8. The van der Waals surface area contributed by atoms with Gasteiger partial charge < -0.3 is 36.5 Å². The third kappa shape index (κ3) is 6.64. The van der Waals surface area contributed by atoms with Crippen LogP contribution in [0.3, 0.4) is 0 Å². The van der Waals surface area contributed by atoms with Gasteiger partial charge in [-0.05, 0) is 30.4 Å². The Morgan fingerprint density at radius 3 is 2.49 bits per heavy atom. The van der Waals surface area contributed by atoms with Crippen molar-refractivity contribution in [1.29, 1.82) is 0 Å². The molecule has 3 rings (SSSR count). The van der Waals surface area contributed by atoms with E-state index >= 15 is 0 Å². The number of hydrogen-bond donors (Lipinski definition) is 6. The van der Waals surface area contributed by atoms with Crippen LogP contribution in [0.25, 0.3) is 10.9 Å². The Bertz CT molecular complexity index is 1180. The van der Waals surface area contributed by atoms with Crippen molar-refractivity contribution < 1.29 is 34.2 Å². The van der Waals surface area contributed by atoms with Crippen molar-refractivity contribution in [2.24, 2.45) is 11.7 Å². The van der Waals surface area contributed by atoms with E-state index in [-0.39, 0.29) is 18.9 Å². The van der Waals surface area contributed by atoms with E-state index in [2.05, 4.69) is 15.6 Å². The molecule has 7 N–H and O–H groups in total. The van der Waals surface area contributed by atoms with Crippen LogP contribution in [-0.4, -0.2) is 80.5 Å². The first-order valence-electron chi connectivity index (χ1n) is 12.2. The lowest BCUT2D eigenvalue weighted by atomic mass is 10.0. The molecular formula is C25H33N5O7. The molecule has 0 aliphatic carbocycles. The summed E-state index contributed by atoms with van der Waals surface area (Å²) in [5, 5.41) is 24.6. The van der Waals surface area contributed by atoms with Crippen molar-refractivity contribution >= 4 is 40.6 Å². The zero-order chi connectivity index (χ0) is 27.3. The lowest BCUT2D eigenvalue weighted by Gasteiger charge is -2.31. The number of nitrogens with zero attached hydrogens (tertiary/aromatic N) is 1. The van der Waals surface area contributed by atoms with E-state index in [1.54, 1.807) is 20.0 Å². The first kappa shape index (κ1) is 27.7. The fourth-order valence-corrected chi connectivity index (χ4v) is 4.52. The monoisotopic (exact) mass is 515 g/mol.